The summed E-state index contributed by atoms with van der Waals surface area (Å²) >= 11 is 0. The van der Waals surface area contributed by atoms with E-state index in [0.717, 1.165) is 12.5 Å². The maximum atomic E-state index is 5.84. The van der Waals surface area contributed by atoms with Crippen LogP contribution >= 0.6 is 0 Å². The van der Waals surface area contributed by atoms with E-state index in [0.29, 0.717) is 12.2 Å². The second-order valence-electron chi connectivity index (χ2n) is 5.51. The third kappa shape index (κ3) is 2.27. The van der Waals surface area contributed by atoms with Crippen molar-refractivity contribution in [3.8, 4) is 0 Å². The van der Waals surface area contributed by atoms with Gasteiger partial charge in [0.2, 0.25) is 0 Å². The van der Waals surface area contributed by atoms with Crippen LogP contribution in [0.3, 0.4) is 0 Å². The van der Waals surface area contributed by atoms with Crippen molar-refractivity contribution in [1.82, 2.24) is 0 Å². The van der Waals surface area contributed by atoms with Gasteiger partial charge in [0.15, 0.2) is 0 Å². The molecule has 2 bridgehead atoms. The number of rotatable bonds is 4. The molecule has 2 nitrogen and oxygen atoms in total. The van der Waals surface area contributed by atoms with Gasteiger partial charge in [0.1, 0.15) is 0 Å². The molecule has 0 amide bonds. The Kier molecular flexibility index (Phi) is 3.18. The first kappa shape index (κ1) is 10.6. The molecule has 0 aromatic rings. The van der Waals surface area contributed by atoms with Crippen LogP contribution in [0.4, 0.5) is 0 Å². The summed E-state index contributed by atoms with van der Waals surface area (Å²) in [4.78, 5) is 0. The smallest absolute Gasteiger partial charge is 0.0876 e. The van der Waals surface area contributed by atoms with Crippen molar-refractivity contribution in [1.29, 1.82) is 0 Å². The van der Waals surface area contributed by atoms with E-state index in [1.807, 2.05) is 6.26 Å². The fraction of sp³-hybridized carbons (Fsp3) is 0.857. The maximum absolute atomic E-state index is 5.84. The van der Waals surface area contributed by atoms with Crippen molar-refractivity contribution in [3.63, 3.8) is 0 Å². The molecule has 0 radical (unpaired) electrons. The minimum atomic E-state index is 0.563. The van der Waals surface area contributed by atoms with Gasteiger partial charge in [-0.25, -0.2) is 0 Å². The van der Waals surface area contributed by atoms with Crippen molar-refractivity contribution in [2.24, 2.45) is 5.92 Å². The number of ether oxygens (including phenoxy) is 2. The molecule has 3 fully saturated rings. The molecule has 0 aromatic carbocycles. The molecule has 16 heavy (non-hydrogen) atoms. The van der Waals surface area contributed by atoms with Gasteiger partial charge >= 0.3 is 0 Å². The lowest BCUT2D eigenvalue weighted by Crippen LogP contribution is -2.17. The molecule has 2 saturated heterocycles. The van der Waals surface area contributed by atoms with Gasteiger partial charge in [0.05, 0.1) is 25.1 Å². The van der Waals surface area contributed by atoms with Crippen LogP contribution in [0.2, 0.25) is 0 Å². The van der Waals surface area contributed by atoms with Gasteiger partial charge < -0.3 is 9.47 Å². The van der Waals surface area contributed by atoms with Crippen LogP contribution in [-0.4, -0.2) is 18.8 Å². The molecule has 0 spiro atoms. The van der Waals surface area contributed by atoms with Gasteiger partial charge in [-0.15, -0.1) is 0 Å². The summed E-state index contributed by atoms with van der Waals surface area (Å²) in [6, 6.07) is 0. The Morgan fingerprint density at radius 3 is 2.81 bits per heavy atom. The molecule has 1 aliphatic carbocycles. The number of hydrogen-bond donors (Lipinski definition) is 0. The maximum Gasteiger partial charge on any atom is 0.0876 e. The van der Waals surface area contributed by atoms with Crippen molar-refractivity contribution in [2.75, 3.05) is 6.61 Å². The van der Waals surface area contributed by atoms with E-state index in [1.54, 1.807) is 0 Å². The van der Waals surface area contributed by atoms with Crippen molar-refractivity contribution < 1.29 is 9.47 Å². The van der Waals surface area contributed by atoms with Crippen LogP contribution < -0.4 is 0 Å². The van der Waals surface area contributed by atoms with E-state index < -0.39 is 0 Å². The molecule has 2 heteroatoms. The topological polar surface area (TPSA) is 18.5 Å². The summed E-state index contributed by atoms with van der Waals surface area (Å²) in [6.07, 6.45) is 13.5. The lowest BCUT2D eigenvalue weighted by atomic mass is 9.87. The average Bonchev–Trinajstić information content (AvgIpc) is 3.01. The number of fused-ring (bicyclic) bond motifs is 2. The first-order valence-electron chi connectivity index (χ1n) is 6.87. The van der Waals surface area contributed by atoms with E-state index in [4.69, 9.17) is 9.47 Å². The van der Waals surface area contributed by atoms with E-state index in [-0.39, 0.29) is 0 Å². The van der Waals surface area contributed by atoms with Crippen LogP contribution in [0, 0.1) is 5.92 Å². The highest BCUT2D eigenvalue weighted by Crippen LogP contribution is 2.40. The molecule has 90 valence electrons. The average molecular weight is 222 g/mol. The van der Waals surface area contributed by atoms with Crippen LogP contribution in [0.25, 0.3) is 0 Å². The summed E-state index contributed by atoms with van der Waals surface area (Å²) < 4.78 is 11.5. The summed E-state index contributed by atoms with van der Waals surface area (Å²) in [5, 5.41) is 0. The van der Waals surface area contributed by atoms with E-state index >= 15 is 0 Å². The standard InChI is InChI=1S/C14H22O2/c1-2-4-11(3-1)10-15-8-7-12-9-13-5-6-14(12)16-13/h10,12-14H,1-9H2. The minimum Gasteiger partial charge on any atom is -0.501 e. The molecule has 2 heterocycles. The van der Waals surface area contributed by atoms with Crippen LogP contribution in [-0.2, 0) is 9.47 Å². The monoisotopic (exact) mass is 222 g/mol. The number of allylic oxidation sites excluding steroid dienone is 1. The van der Waals surface area contributed by atoms with Crippen LogP contribution in [0.1, 0.15) is 51.4 Å². The number of hydrogen-bond acceptors (Lipinski definition) is 2. The third-order valence-electron chi connectivity index (χ3n) is 4.33. The predicted octanol–water partition coefficient (Wildman–Crippen LogP) is 3.42. The fourth-order valence-corrected chi connectivity index (χ4v) is 3.39. The van der Waals surface area contributed by atoms with Crippen LogP contribution in [0.5, 0.6) is 0 Å². The molecule has 3 unspecified atom stereocenters. The minimum absolute atomic E-state index is 0.563. The van der Waals surface area contributed by atoms with Crippen molar-refractivity contribution in [3.05, 3.63) is 11.8 Å². The van der Waals surface area contributed by atoms with Gasteiger partial charge in [-0.05, 0) is 62.9 Å². The largest absolute Gasteiger partial charge is 0.501 e. The summed E-state index contributed by atoms with van der Waals surface area (Å²) in [5.41, 5.74) is 1.52. The van der Waals surface area contributed by atoms with Crippen molar-refractivity contribution in [2.45, 2.75) is 63.6 Å². The molecule has 1 saturated carbocycles. The molecule has 3 atom stereocenters. The van der Waals surface area contributed by atoms with Crippen LogP contribution in [0.15, 0.2) is 11.8 Å². The normalized spacial score (nSPS) is 37.0. The highest BCUT2D eigenvalue weighted by atomic mass is 16.5. The Hall–Kier alpha value is -0.500. The summed E-state index contributed by atoms with van der Waals surface area (Å²) in [7, 11) is 0. The lowest BCUT2D eigenvalue weighted by molar-refractivity contribution is 0.0866. The van der Waals surface area contributed by atoms with Gasteiger partial charge in [0, 0.05) is 0 Å². The highest BCUT2D eigenvalue weighted by Gasteiger charge is 2.40. The van der Waals surface area contributed by atoms with E-state index in [2.05, 4.69) is 0 Å². The zero-order valence-electron chi connectivity index (χ0n) is 9.99. The first-order valence-corrected chi connectivity index (χ1v) is 6.87. The Labute approximate surface area is 98.0 Å². The molecule has 2 aliphatic heterocycles. The summed E-state index contributed by atoms with van der Waals surface area (Å²) in [6.45, 7) is 0.890. The predicted molar refractivity (Wildman–Crippen MR) is 63.1 cm³/mol. The Morgan fingerprint density at radius 1 is 1.25 bits per heavy atom. The van der Waals surface area contributed by atoms with E-state index in [9.17, 15) is 0 Å². The molecular weight excluding hydrogens is 200 g/mol. The molecule has 0 N–H and O–H groups in total. The SMILES string of the molecule is C(OCCC1CC2CCC1O2)=C1CCCC1. The van der Waals surface area contributed by atoms with Crippen molar-refractivity contribution >= 4 is 0 Å². The highest BCUT2D eigenvalue weighted by molar-refractivity contribution is 5.02. The van der Waals surface area contributed by atoms with Gasteiger partial charge in [-0.2, -0.15) is 0 Å². The second kappa shape index (κ2) is 4.79. The Balaban J connectivity index is 1.36. The Bertz CT molecular complexity index is 264. The zero-order valence-corrected chi connectivity index (χ0v) is 9.99. The quantitative estimate of drug-likeness (QED) is 0.536. The molecule has 3 aliphatic rings. The summed E-state index contributed by atoms with van der Waals surface area (Å²) in [5.74, 6) is 0.778. The Morgan fingerprint density at radius 2 is 2.12 bits per heavy atom. The lowest BCUT2D eigenvalue weighted by Gasteiger charge is -2.17. The zero-order chi connectivity index (χ0) is 10.8. The van der Waals surface area contributed by atoms with Gasteiger partial charge in [0.25, 0.3) is 0 Å². The molecule has 3 rings (SSSR count). The first-order chi connectivity index (χ1) is 7.92. The second-order valence-corrected chi connectivity index (χ2v) is 5.51. The van der Waals surface area contributed by atoms with E-state index in [1.165, 1.54) is 56.9 Å². The fourth-order valence-electron chi connectivity index (χ4n) is 3.39. The van der Waals surface area contributed by atoms with Gasteiger partial charge in [-0.1, -0.05) is 0 Å². The molecular formula is C14H22O2. The molecule has 0 aromatic heterocycles. The van der Waals surface area contributed by atoms with Gasteiger partial charge in [-0.3, -0.25) is 0 Å². The third-order valence-corrected chi connectivity index (χ3v) is 4.33.